The van der Waals surface area contributed by atoms with Gasteiger partial charge in [0.15, 0.2) is 0 Å². The zero-order valence-corrected chi connectivity index (χ0v) is 19.3. The van der Waals surface area contributed by atoms with E-state index in [0.717, 1.165) is 5.66 Å². The van der Waals surface area contributed by atoms with Gasteiger partial charge in [0, 0.05) is 7.92 Å². The maximum atomic E-state index is 4.49. The van der Waals surface area contributed by atoms with Crippen LogP contribution in [0.25, 0.3) is 0 Å². The monoisotopic (exact) mass is 445 g/mol. The molecule has 1 aliphatic carbocycles. The first kappa shape index (κ1) is 31.2. The maximum absolute atomic E-state index is 4.49. The van der Waals surface area contributed by atoms with Crippen LogP contribution in [0.15, 0.2) is 0 Å². The van der Waals surface area contributed by atoms with Crippen LogP contribution in [0.5, 0.6) is 0 Å². The minimum atomic E-state index is -0.276. The summed E-state index contributed by atoms with van der Waals surface area (Å²) >= 11 is 2.22. The molecule has 1 aliphatic rings. The predicted molar refractivity (Wildman–Crippen MR) is 110 cm³/mol. The quantitative estimate of drug-likeness (QED) is 0.216. The zero-order chi connectivity index (χ0) is 16.4. The van der Waals surface area contributed by atoms with Gasteiger partial charge < -0.3 is 7.43 Å². The van der Waals surface area contributed by atoms with E-state index in [1.165, 1.54) is 38.5 Å². The van der Waals surface area contributed by atoms with Crippen LogP contribution < -0.4 is 0 Å². The molecule has 0 nitrogen and oxygen atoms in total. The van der Waals surface area contributed by atoms with Gasteiger partial charge in [-0.1, -0.05) is 34.1 Å². The second kappa shape index (κ2) is 15.9. The summed E-state index contributed by atoms with van der Waals surface area (Å²) in [4.78, 5) is 0. The summed E-state index contributed by atoms with van der Waals surface area (Å²) in [5.41, 5.74) is 1.07. The molecule has 0 saturated heterocycles. The molecule has 0 unspecified atom stereocenters. The van der Waals surface area contributed by atoms with Gasteiger partial charge in [-0.25, -0.2) is 0 Å². The molecule has 0 atom stereocenters. The molecule has 0 bridgehead atoms. The van der Waals surface area contributed by atoms with Crippen molar-refractivity contribution < 1.29 is 18.2 Å². The molecule has 0 heterocycles. The van der Waals surface area contributed by atoms with E-state index in [1.54, 1.807) is 0 Å². The molecule has 142 valence electrons. The average Bonchev–Trinajstić information content (AvgIpc) is 2.30. The van der Waals surface area contributed by atoms with Crippen molar-refractivity contribution in [3.63, 3.8) is 0 Å². The van der Waals surface area contributed by atoms with Crippen molar-refractivity contribution in [2.24, 2.45) is 0 Å². The Bertz CT molecular complexity index is 198. The molecule has 0 amide bonds. The molecule has 1 rings (SSSR count). The van der Waals surface area contributed by atoms with Crippen LogP contribution >= 0.6 is 17.5 Å². The van der Waals surface area contributed by atoms with Crippen molar-refractivity contribution in [2.75, 3.05) is 0 Å². The summed E-state index contributed by atoms with van der Waals surface area (Å²) in [5.74, 6) is 0. The van der Waals surface area contributed by atoms with Crippen LogP contribution in [0.1, 0.15) is 101 Å². The number of hydrogen-bond donors (Lipinski definition) is 0. The van der Waals surface area contributed by atoms with Crippen molar-refractivity contribution in [2.45, 2.75) is 117 Å². The molecule has 0 aromatic heterocycles. The van der Waals surface area contributed by atoms with Gasteiger partial charge in [0.05, 0.1) is 16.0 Å². The average molecular weight is 446 g/mol. The van der Waals surface area contributed by atoms with E-state index >= 15 is 0 Å². The Morgan fingerprint density at radius 1 is 0.864 bits per heavy atom. The van der Waals surface area contributed by atoms with Crippen LogP contribution in [-0.2, 0) is 18.2 Å². The van der Waals surface area contributed by atoms with E-state index < -0.39 is 0 Å². The van der Waals surface area contributed by atoms with Gasteiger partial charge in [-0.05, 0) is 67.2 Å². The van der Waals surface area contributed by atoms with Gasteiger partial charge in [0.2, 0.25) is 0 Å². The Hall–Kier alpha value is 1.38. The van der Waals surface area contributed by atoms with E-state index in [4.69, 9.17) is 0 Å². The van der Waals surface area contributed by atoms with E-state index in [1.807, 2.05) is 0 Å². The summed E-state index contributed by atoms with van der Waals surface area (Å²) in [6.45, 7) is 19.1. The topological polar surface area (TPSA) is 0 Å². The van der Waals surface area contributed by atoms with Gasteiger partial charge in [0.1, 0.15) is 0 Å². The molecular weight excluding hydrogens is 401 g/mol. The normalized spacial score (nSPS) is 15.5. The van der Waals surface area contributed by atoms with Gasteiger partial charge in [-0.15, -0.1) is 0 Å². The third kappa shape index (κ3) is 13.8. The van der Waals surface area contributed by atoms with E-state index in [-0.39, 0.29) is 22.8 Å². The first-order valence-electron chi connectivity index (χ1n) is 8.14. The summed E-state index contributed by atoms with van der Waals surface area (Å²) in [7, 11) is 4.21. The summed E-state index contributed by atoms with van der Waals surface area (Å²) in [6.07, 6.45) is 8.75. The van der Waals surface area contributed by atoms with Crippen LogP contribution in [0.2, 0.25) is 0 Å². The van der Waals surface area contributed by atoms with Crippen molar-refractivity contribution >= 4 is 17.5 Å². The van der Waals surface area contributed by atoms with Gasteiger partial charge in [-0.2, -0.15) is 0 Å². The molecule has 0 N–H and O–H groups in total. The first-order valence-corrected chi connectivity index (χ1v) is 11.7. The molecule has 0 aliphatic heterocycles. The molecule has 22 heavy (non-hydrogen) atoms. The Morgan fingerprint density at radius 3 is 1.36 bits per heavy atom. The predicted octanol–water partition coefficient (Wildman–Crippen LogP) is 8.32. The second-order valence-corrected chi connectivity index (χ2v) is 12.6. The SMILES string of the molecule is C.CC(C)(C)[PH+](C1CCCCC1)C(C)(C)C.CCC.[CH3-].[Cl][Pd+]. The molecule has 1 fully saturated rings. The molecule has 1 saturated carbocycles. The molecule has 0 aromatic rings. The van der Waals surface area contributed by atoms with Gasteiger partial charge in [-0.3, -0.25) is 0 Å². The zero-order valence-electron chi connectivity index (χ0n) is 16.0. The molecule has 3 heteroatoms. The van der Waals surface area contributed by atoms with Crippen LogP contribution in [0, 0.1) is 7.43 Å². The van der Waals surface area contributed by atoms with Crippen LogP contribution in [-0.4, -0.2) is 16.0 Å². The molecule has 0 aromatic carbocycles. The number of hydrogen-bond acceptors (Lipinski definition) is 0. The summed E-state index contributed by atoms with van der Waals surface area (Å²) < 4.78 is 0. The van der Waals surface area contributed by atoms with Crippen LogP contribution in [0.3, 0.4) is 0 Å². The van der Waals surface area contributed by atoms with Gasteiger partial charge >= 0.3 is 27.7 Å². The van der Waals surface area contributed by atoms with E-state index in [2.05, 4.69) is 83.1 Å². The Morgan fingerprint density at radius 2 is 1.14 bits per heavy atom. The molecule has 0 spiro atoms. The first-order chi connectivity index (χ1) is 9.14. The van der Waals surface area contributed by atoms with Crippen molar-refractivity contribution in [1.82, 2.24) is 0 Å². The van der Waals surface area contributed by atoms with E-state index in [9.17, 15) is 0 Å². The minimum absolute atomic E-state index is 0. The third-order valence-electron chi connectivity index (χ3n) is 3.63. The number of halogens is 1. The van der Waals surface area contributed by atoms with Crippen LogP contribution in [0.4, 0.5) is 0 Å². The van der Waals surface area contributed by atoms with Crippen molar-refractivity contribution in [3.05, 3.63) is 7.43 Å². The van der Waals surface area contributed by atoms with E-state index in [0.29, 0.717) is 10.3 Å². The fourth-order valence-electron chi connectivity index (χ4n) is 3.74. The fraction of sp³-hybridized carbons (Fsp3) is 0.947. The fourth-order valence-corrected chi connectivity index (χ4v) is 9.43. The van der Waals surface area contributed by atoms with Crippen molar-refractivity contribution in [3.8, 4) is 0 Å². The van der Waals surface area contributed by atoms with Crippen molar-refractivity contribution in [1.29, 1.82) is 0 Å². The number of rotatable bonds is 1. The molecular formula is C19H45ClPPd+. The second-order valence-electron chi connectivity index (χ2n) is 7.96. The summed E-state index contributed by atoms with van der Waals surface area (Å²) in [5, 5.41) is 1.12. The third-order valence-corrected chi connectivity index (χ3v) is 8.26. The molecule has 0 radical (unpaired) electrons. The standard InChI is InChI=1S/C14H29P.C3H8.CH4.CH3.ClH.Pd/c1-13(2,3)15(14(4,5)6)12-10-8-7-9-11-12;1-3-2;;;;/h12H,7-11H2,1-6H3;3H2,1-2H3;1H4;1H3;1H;/q;;;-1;;+2. The Balaban J connectivity index is -0.000000207. The van der Waals surface area contributed by atoms with Gasteiger partial charge in [0.25, 0.3) is 0 Å². The Labute approximate surface area is 160 Å². The summed E-state index contributed by atoms with van der Waals surface area (Å²) in [6, 6.07) is 0. The Kier molecular flexibility index (Phi) is 22.5.